The van der Waals surface area contributed by atoms with Crippen LogP contribution >= 0.6 is 11.3 Å². The fourth-order valence-corrected chi connectivity index (χ4v) is 3.53. The minimum Gasteiger partial charge on any atom is -0.508 e. The van der Waals surface area contributed by atoms with Gasteiger partial charge in [0.2, 0.25) is 0 Å². The number of phenols is 1. The van der Waals surface area contributed by atoms with E-state index >= 15 is 0 Å². The van der Waals surface area contributed by atoms with Gasteiger partial charge in [0.1, 0.15) is 11.5 Å². The summed E-state index contributed by atoms with van der Waals surface area (Å²) in [5.74, 6) is 1.36. The third-order valence-corrected chi connectivity index (χ3v) is 4.76. The molecule has 3 aromatic rings. The van der Waals surface area contributed by atoms with Crippen molar-refractivity contribution in [3.8, 4) is 17.2 Å². The van der Waals surface area contributed by atoms with Crippen molar-refractivity contribution >= 4 is 21.4 Å². The molecule has 0 aliphatic heterocycles. The van der Waals surface area contributed by atoms with E-state index in [4.69, 9.17) is 4.74 Å². The molecule has 118 valence electrons. The Balaban J connectivity index is 2.05. The van der Waals surface area contributed by atoms with Crippen LogP contribution in [-0.4, -0.2) is 10.2 Å². The number of ether oxygens (including phenoxy) is 1. The van der Waals surface area contributed by atoms with Crippen LogP contribution in [0.2, 0.25) is 0 Å². The number of benzene rings is 2. The molecular weight excluding hydrogens is 308 g/mol. The first-order valence-electron chi connectivity index (χ1n) is 7.46. The lowest BCUT2D eigenvalue weighted by Crippen LogP contribution is -1.95. The highest BCUT2D eigenvalue weighted by molar-refractivity contribution is 7.19. The molecule has 3 nitrogen and oxygen atoms in total. The molecule has 0 fully saturated rings. The maximum Gasteiger partial charge on any atom is 0.151 e. The number of hydrogen-bond acceptors (Lipinski definition) is 4. The largest absolute Gasteiger partial charge is 0.508 e. The first kappa shape index (κ1) is 15.6. The highest BCUT2D eigenvalue weighted by Crippen LogP contribution is 2.44. The van der Waals surface area contributed by atoms with Gasteiger partial charge in [0.25, 0.3) is 0 Å². The van der Waals surface area contributed by atoms with Gasteiger partial charge in [0, 0.05) is 16.2 Å². The van der Waals surface area contributed by atoms with E-state index in [9.17, 15) is 10.2 Å². The van der Waals surface area contributed by atoms with E-state index in [0.29, 0.717) is 17.9 Å². The van der Waals surface area contributed by atoms with Gasteiger partial charge in [0.05, 0.1) is 11.0 Å². The highest BCUT2D eigenvalue weighted by Gasteiger charge is 2.20. The lowest BCUT2D eigenvalue weighted by atomic mass is 10.1. The minimum absolute atomic E-state index is 0.151. The van der Waals surface area contributed by atoms with E-state index in [0.717, 1.165) is 15.0 Å². The quantitative estimate of drug-likeness (QED) is 0.617. The van der Waals surface area contributed by atoms with Crippen LogP contribution in [0.5, 0.6) is 17.2 Å². The molecule has 2 aromatic carbocycles. The smallest absolute Gasteiger partial charge is 0.151 e. The van der Waals surface area contributed by atoms with Crippen LogP contribution in [0.25, 0.3) is 10.1 Å². The summed E-state index contributed by atoms with van der Waals surface area (Å²) in [7, 11) is 0. The van der Waals surface area contributed by atoms with E-state index < -0.39 is 6.10 Å². The average Bonchev–Trinajstić information content (AvgIpc) is 2.91. The Morgan fingerprint density at radius 1 is 1.17 bits per heavy atom. The predicted octanol–water partition coefficient (Wildman–Crippen LogP) is 5.40. The molecular formula is C19H18O3S. The van der Waals surface area contributed by atoms with E-state index in [1.165, 1.54) is 11.3 Å². The number of fused-ring (bicyclic) bond motifs is 1. The number of phenolic OH excluding ortho intramolecular Hbond substituents is 1. The molecule has 0 aliphatic rings. The second-order valence-electron chi connectivity index (χ2n) is 5.21. The molecule has 0 bridgehead atoms. The molecule has 23 heavy (non-hydrogen) atoms. The number of rotatable bonds is 5. The summed E-state index contributed by atoms with van der Waals surface area (Å²) in [5.41, 5.74) is 0. The van der Waals surface area contributed by atoms with Gasteiger partial charge in [-0.05, 0) is 37.6 Å². The summed E-state index contributed by atoms with van der Waals surface area (Å²) in [4.78, 5) is 0.799. The van der Waals surface area contributed by atoms with Crippen LogP contribution in [0.1, 0.15) is 24.3 Å². The zero-order chi connectivity index (χ0) is 16.2. The van der Waals surface area contributed by atoms with E-state index in [1.807, 2.05) is 43.3 Å². The standard InChI is InChI=1S/C19H18O3S/c1-2-3-10-16(21)19-18(15-9-4-5-11-17(15)23-19)22-14-8-6-7-13(20)12-14/h2-9,11-12,16,20-21H,10H2,1H3. The molecule has 1 heterocycles. The first-order chi connectivity index (χ1) is 11.2. The molecule has 1 atom stereocenters. The number of allylic oxidation sites excluding steroid dienone is 1. The molecule has 0 radical (unpaired) electrons. The van der Waals surface area contributed by atoms with Gasteiger partial charge >= 0.3 is 0 Å². The summed E-state index contributed by atoms with van der Waals surface area (Å²) >= 11 is 1.53. The van der Waals surface area contributed by atoms with Crippen LogP contribution in [0.15, 0.2) is 60.7 Å². The number of aliphatic hydroxyl groups excluding tert-OH is 1. The summed E-state index contributed by atoms with van der Waals surface area (Å²) < 4.78 is 7.08. The van der Waals surface area contributed by atoms with Gasteiger partial charge < -0.3 is 14.9 Å². The van der Waals surface area contributed by atoms with Crippen molar-refractivity contribution in [1.82, 2.24) is 0 Å². The Kier molecular flexibility index (Phi) is 4.65. The normalized spacial score (nSPS) is 12.8. The fourth-order valence-electron chi connectivity index (χ4n) is 2.40. The summed E-state index contributed by atoms with van der Waals surface area (Å²) in [5, 5.41) is 21.1. The van der Waals surface area contributed by atoms with Gasteiger partial charge in [0.15, 0.2) is 5.75 Å². The second-order valence-corrected chi connectivity index (χ2v) is 6.30. The third-order valence-electron chi connectivity index (χ3n) is 3.51. The summed E-state index contributed by atoms with van der Waals surface area (Å²) in [6.07, 6.45) is 3.79. The lowest BCUT2D eigenvalue weighted by molar-refractivity contribution is 0.182. The fraction of sp³-hybridized carbons (Fsp3) is 0.158. The van der Waals surface area contributed by atoms with Gasteiger partial charge in [-0.3, -0.25) is 0 Å². The zero-order valence-corrected chi connectivity index (χ0v) is 13.6. The van der Waals surface area contributed by atoms with Crippen molar-refractivity contribution in [1.29, 1.82) is 0 Å². The number of hydrogen-bond donors (Lipinski definition) is 2. The van der Waals surface area contributed by atoms with Crippen LogP contribution < -0.4 is 4.74 Å². The van der Waals surface area contributed by atoms with Crippen molar-refractivity contribution in [2.45, 2.75) is 19.4 Å². The maximum absolute atomic E-state index is 10.5. The molecule has 2 N–H and O–H groups in total. The van der Waals surface area contributed by atoms with Crippen LogP contribution in [0.3, 0.4) is 0 Å². The van der Waals surface area contributed by atoms with Crippen LogP contribution in [0.4, 0.5) is 0 Å². The second kappa shape index (κ2) is 6.86. The van der Waals surface area contributed by atoms with Crippen molar-refractivity contribution < 1.29 is 14.9 Å². The SMILES string of the molecule is CC=CCC(O)c1sc2ccccc2c1Oc1cccc(O)c1. The minimum atomic E-state index is -0.615. The Labute approximate surface area is 139 Å². The van der Waals surface area contributed by atoms with Gasteiger partial charge in [-0.2, -0.15) is 0 Å². The Bertz CT molecular complexity index is 836. The van der Waals surface area contributed by atoms with E-state index in [1.54, 1.807) is 24.3 Å². The van der Waals surface area contributed by atoms with E-state index in [-0.39, 0.29) is 5.75 Å². The molecule has 3 rings (SSSR count). The zero-order valence-electron chi connectivity index (χ0n) is 12.8. The van der Waals surface area contributed by atoms with E-state index in [2.05, 4.69) is 0 Å². The van der Waals surface area contributed by atoms with Crippen LogP contribution in [-0.2, 0) is 0 Å². The topological polar surface area (TPSA) is 49.7 Å². The van der Waals surface area contributed by atoms with Gasteiger partial charge in [-0.25, -0.2) is 0 Å². The summed E-state index contributed by atoms with van der Waals surface area (Å²) in [6, 6.07) is 14.6. The Morgan fingerprint density at radius 2 is 2.00 bits per heavy atom. The highest BCUT2D eigenvalue weighted by atomic mass is 32.1. The van der Waals surface area contributed by atoms with Crippen LogP contribution in [0, 0.1) is 0 Å². The lowest BCUT2D eigenvalue weighted by Gasteiger charge is -2.11. The molecule has 0 spiro atoms. The molecule has 0 saturated heterocycles. The first-order valence-corrected chi connectivity index (χ1v) is 8.28. The maximum atomic E-state index is 10.5. The monoisotopic (exact) mass is 326 g/mol. The molecule has 4 heteroatoms. The molecule has 0 aliphatic carbocycles. The molecule has 0 saturated carbocycles. The molecule has 1 aromatic heterocycles. The Hall–Kier alpha value is -2.30. The Morgan fingerprint density at radius 3 is 2.78 bits per heavy atom. The van der Waals surface area contributed by atoms with Gasteiger partial charge in [-0.15, -0.1) is 11.3 Å². The number of thiophene rings is 1. The van der Waals surface area contributed by atoms with Crippen molar-refractivity contribution in [2.24, 2.45) is 0 Å². The predicted molar refractivity (Wildman–Crippen MR) is 94.4 cm³/mol. The van der Waals surface area contributed by atoms with Crippen molar-refractivity contribution in [3.63, 3.8) is 0 Å². The van der Waals surface area contributed by atoms with Crippen molar-refractivity contribution in [3.05, 3.63) is 65.6 Å². The summed E-state index contributed by atoms with van der Waals surface area (Å²) in [6.45, 7) is 1.93. The average molecular weight is 326 g/mol. The van der Waals surface area contributed by atoms with Gasteiger partial charge in [-0.1, -0.05) is 30.4 Å². The molecule has 0 amide bonds. The third kappa shape index (κ3) is 3.38. The number of aliphatic hydroxyl groups is 1. The number of aromatic hydroxyl groups is 1. The molecule has 1 unspecified atom stereocenters. The van der Waals surface area contributed by atoms with Crippen molar-refractivity contribution in [2.75, 3.05) is 0 Å².